The first kappa shape index (κ1) is 71.1. The fraction of sp³-hybridized carbons (Fsp3) is 0.881. The second kappa shape index (κ2) is 62.6. The second-order valence-corrected chi connectivity index (χ2v) is 22.5. The number of carbonyl (C=O) groups excluding carboxylic acids is 2. The molecule has 0 radical (unpaired) electrons. The Kier molecular flexibility index (Phi) is 61.0. The van der Waals surface area contributed by atoms with E-state index in [0.717, 1.165) is 51.4 Å². The maximum absolute atomic E-state index is 12.4. The normalized spacial score (nSPS) is 12.8. The van der Waals surface area contributed by atoms with Crippen LogP contribution in [0.25, 0.3) is 0 Å². The van der Waals surface area contributed by atoms with Gasteiger partial charge in [-0.2, -0.15) is 0 Å². The summed E-state index contributed by atoms with van der Waals surface area (Å²) in [6.07, 6.45) is 79.4. The minimum Gasteiger partial charge on any atom is -0.466 e. The van der Waals surface area contributed by atoms with Gasteiger partial charge in [0, 0.05) is 12.8 Å². The summed E-state index contributed by atoms with van der Waals surface area (Å²) in [5.74, 6) is -0.0540. The number of unbranched alkanes of at least 4 members (excludes halogenated alkanes) is 46. The molecule has 0 aliphatic heterocycles. The number of hydrogen-bond donors (Lipinski definition) is 3. The molecule has 2 unspecified atom stereocenters. The average molecular weight is 1030 g/mol. The topological polar surface area (TPSA) is 95.9 Å². The molecule has 0 aromatic carbocycles. The molecule has 0 spiro atoms. The molecule has 0 fully saturated rings. The largest absolute Gasteiger partial charge is 0.466 e. The molecule has 6 nitrogen and oxygen atoms in total. The summed E-state index contributed by atoms with van der Waals surface area (Å²) in [6.45, 7) is 4.87. The lowest BCUT2D eigenvalue weighted by molar-refractivity contribution is -0.143. The quantitative estimate of drug-likeness (QED) is 0.0320. The van der Waals surface area contributed by atoms with Crippen LogP contribution in [0.4, 0.5) is 0 Å². The maximum Gasteiger partial charge on any atom is 0.305 e. The Morgan fingerprint density at radius 2 is 0.685 bits per heavy atom. The van der Waals surface area contributed by atoms with Crippen molar-refractivity contribution in [2.75, 3.05) is 13.2 Å². The van der Waals surface area contributed by atoms with Crippen LogP contribution in [0.5, 0.6) is 0 Å². The Hall–Kier alpha value is -1.92. The molecule has 430 valence electrons. The third kappa shape index (κ3) is 59.2. The van der Waals surface area contributed by atoms with Crippen LogP contribution >= 0.6 is 0 Å². The van der Waals surface area contributed by atoms with Crippen LogP contribution in [0.2, 0.25) is 0 Å². The Balaban J connectivity index is 3.31. The summed E-state index contributed by atoms with van der Waals surface area (Å²) in [5.41, 5.74) is 0. The fourth-order valence-electron chi connectivity index (χ4n) is 10.1. The maximum atomic E-state index is 12.4. The fourth-order valence-corrected chi connectivity index (χ4v) is 10.1. The summed E-state index contributed by atoms with van der Waals surface area (Å²) in [6, 6.07) is -0.622. The van der Waals surface area contributed by atoms with Gasteiger partial charge in [0.1, 0.15) is 0 Å². The van der Waals surface area contributed by atoms with Gasteiger partial charge in [0.05, 0.1) is 25.4 Å². The summed E-state index contributed by atoms with van der Waals surface area (Å²) in [7, 11) is 0. The van der Waals surface area contributed by atoms with Crippen molar-refractivity contribution in [3.05, 3.63) is 36.5 Å². The van der Waals surface area contributed by atoms with Crippen molar-refractivity contribution in [1.82, 2.24) is 5.32 Å². The number of nitrogens with one attached hydrogen (secondary N) is 1. The second-order valence-electron chi connectivity index (χ2n) is 22.5. The van der Waals surface area contributed by atoms with Gasteiger partial charge in [-0.25, -0.2) is 0 Å². The van der Waals surface area contributed by atoms with Crippen molar-refractivity contribution >= 4 is 11.9 Å². The van der Waals surface area contributed by atoms with E-state index in [4.69, 9.17) is 4.74 Å². The van der Waals surface area contributed by atoms with E-state index in [1.807, 2.05) is 6.08 Å². The Bertz CT molecular complexity index is 1180. The average Bonchev–Trinajstić information content (AvgIpc) is 3.39. The van der Waals surface area contributed by atoms with E-state index in [1.54, 1.807) is 6.08 Å². The van der Waals surface area contributed by atoms with Crippen LogP contribution in [0.3, 0.4) is 0 Å². The summed E-state index contributed by atoms with van der Waals surface area (Å²) in [5, 5.41) is 23.0. The molecular formula is C67H127NO5. The van der Waals surface area contributed by atoms with E-state index in [9.17, 15) is 19.8 Å². The number of aliphatic hydroxyl groups is 2. The third-order valence-corrected chi connectivity index (χ3v) is 15.2. The standard InChI is InChI=1S/C67H127NO5/c1-3-5-7-9-11-13-14-15-16-31-35-38-41-45-49-53-57-61-67(72)73-62-58-54-50-46-42-39-36-33-30-28-26-24-22-20-18-17-19-21-23-25-27-29-32-34-37-40-44-48-52-56-60-66(71)68-64(63-69)65(70)59-55-51-47-43-12-10-8-6-4-2/h11,13,15-16,55,59,64-65,69-70H,3-10,12,14,17-54,56-58,60-63H2,1-2H3,(H,68,71)/b13-11-,16-15-,59-55+. The zero-order valence-electron chi connectivity index (χ0n) is 49.1. The molecule has 0 aromatic heterocycles. The molecule has 0 aliphatic carbocycles. The van der Waals surface area contributed by atoms with Crippen LogP contribution in [-0.4, -0.2) is 47.4 Å². The zero-order valence-corrected chi connectivity index (χ0v) is 49.1. The van der Waals surface area contributed by atoms with Gasteiger partial charge in [-0.3, -0.25) is 9.59 Å². The van der Waals surface area contributed by atoms with E-state index >= 15 is 0 Å². The van der Waals surface area contributed by atoms with Gasteiger partial charge in [-0.05, 0) is 64.2 Å². The predicted octanol–water partition coefficient (Wildman–Crippen LogP) is 20.8. The lowest BCUT2D eigenvalue weighted by Gasteiger charge is -2.20. The number of allylic oxidation sites excluding steroid dienone is 5. The first-order valence-corrected chi connectivity index (χ1v) is 32.8. The minimum atomic E-state index is -0.839. The highest BCUT2D eigenvalue weighted by Gasteiger charge is 2.18. The molecule has 0 aromatic rings. The molecule has 0 bridgehead atoms. The van der Waals surface area contributed by atoms with Crippen molar-refractivity contribution in [1.29, 1.82) is 0 Å². The highest BCUT2D eigenvalue weighted by molar-refractivity contribution is 5.76. The number of carbonyl (C=O) groups is 2. The van der Waals surface area contributed by atoms with Gasteiger partial charge < -0.3 is 20.3 Å². The van der Waals surface area contributed by atoms with Crippen molar-refractivity contribution in [3.8, 4) is 0 Å². The van der Waals surface area contributed by atoms with Crippen LogP contribution in [0, 0.1) is 0 Å². The van der Waals surface area contributed by atoms with Crippen molar-refractivity contribution < 1.29 is 24.5 Å². The molecule has 0 saturated carbocycles. The van der Waals surface area contributed by atoms with E-state index in [2.05, 4.69) is 43.5 Å². The van der Waals surface area contributed by atoms with Crippen molar-refractivity contribution in [2.45, 2.75) is 366 Å². The molecule has 0 aliphatic rings. The van der Waals surface area contributed by atoms with Crippen LogP contribution in [0.1, 0.15) is 354 Å². The van der Waals surface area contributed by atoms with E-state index < -0.39 is 12.1 Å². The molecular weight excluding hydrogens is 899 g/mol. The highest BCUT2D eigenvalue weighted by Crippen LogP contribution is 2.18. The van der Waals surface area contributed by atoms with Crippen molar-refractivity contribution in [3.63, 3.8) is 0 Å². The van der Waals surface area contributed by atoms with E-state index in [0.29, 0.717) is 19.4 Å². The van der Waals surface area contributed by atoms with Gasteiger partial charge in [0.2, 0.25) is 5.91 Å². The first-order chi connectivity index (χ1) is 36.0. The molecule has 0 saturated heterocycles. The minimum absolute atomic E-state index is 0.0120. The lowest BCUT2D eigenvalue weighted by Crippen LogP contribution is -2.45. The van der Waals surface area contributed by atoms with Gasteiger partial charge in [-0.1, -0.05) is 314 Å². The van der Waals surface area contributed by atoms with Crippen LogP contribution < -0.4 is 5.32 Å². The number of amides is 1. The van der Waals surface area contributed by atoms with Crippen LogP contribution in [-0.2, 0) is 14.3 Å². The number of rotatable bonds is 61. The highest BCUT2D eigenvalue weighted by atomic mass is 16.5. The Labute approximate surface area is 455 Å². The molecule has 6 heteroatoms. The van der Waals surface area contributed by atoms with Gasteiger partial charge in [0.15, 0.2) is 0 Å². The molecule has 2 atom stereocenters. The SMILES string of the molecule is CCCCC/C=C\C/C=C\CCCCCCCCCC(=O)OCCCCCCCCCCCCCCCCCCCCCCCCCCCCCCCCC(=O)NC(CO)C(O)/C=C/CCCCCCCCC. The Morgan fingerprint density at radius 3 is 1.07 bits per heavy atom. The first-order valence-electron chi connectivity index (χ1n) is 32.8. The van der Waals surface area contributed by atoms with E-state index in [1.165, 1.54) is 276 Å². The smallest absolute Gasteiger partial charge is 0.305 e. The summed E-state index contributed by atoms with van der Waals surface area (Å²) in [4.78, 5) is 24.5. The third-order valence-electron chi connectivity index (χ3n) is 15.2. The number of aliphatic hydroxyl groups excluding tert-OH is 2. The molecule has 3 N–H and O–H groups in total. The number of ether oxygens (including phenoxy) is 1. The zero-order chi connectivity index (χ0) is 52.9. The van der Waals surface area contributed by atoms with Gasteiger partial charge in [0.25, 0.3) is 0 Å². The summed E-state index contributed by atoms with van der Waals surface area (Å²) < 4.78 is 5.50. The van der Waals surface area contributed by atoms with Crippen LogP contribution in [0.15, 0.2) is 36.5 Å². The number of hydrogen-bond acceptors (Lipinski definition) is 5. The summed E-state index contributed by atoms with van der Waals surface area (Å²) >= 11 is 0. The van der Waals surface area contributed by atoms with Gasteiger partial charge >= 0.3 is 5.97 Å². The van der Waals surface area contributed by atoms with E-state index in [-0.39, 0.29) is 18.5 Å². The van der Waals surface area contributed by atoms with Crippen molar-refractivity contribution in [2.24, 2.45) is 0 Å². The monoisotopic (exact) mass is 1030 g/mol. The molecule has 0 rings (SSSR count). The number of esters is 1. The lowest BCUT2D eigenvalue weighted by atomic mass is 10.0. The molecule has 0 heterocycles. The molecule has 1 amide bonds. The predicted molar refractivity (Wildman–Crippen MR) is 319 cm³/mol. The molecule has 73 heavy (non-hydrogen) atoms. The Morgan fingerprint density at radius 1 is 0.384 bits per heavy atom. The van der Waals surface area contributed by atoms with Gasteiger partial charge in [-0.15, -0.1) is 0 Å².